The van der Waals surface area contributed by atoms with Crippen molar-refractivity contribution in [1.82, 2.24) is 0 Å². The SMILES string of the molecule is CC(=O)Oc1ccc(OS(C)(=O)=O)c(Cl)c1. The minimum absolute atomic E-state index is 0.0138. The van der Waals surface area contributed by atoms with Gasteiger partial charge >= 0.3 is 16.1 Å². The average molecular weight is 265 g/mol. The van der Waals surface area contributed by atoms with Gasteiger partial charge in [-0.25, -0.2) is 0 Å². The topological polar surface area (TPSA) is 69.7 Å². The molecule has 1 aromatic carbocycles. The quantitative estimate of drug-likeness (QED) is 0.471. The summed E-state index contributed by atoms with van der Waals surface area (Å²) in [5, 5.41) is 0.0455. The number of hydrogen-bond donors (Lipinski definition) is 0. The van der Waals surface area contributed by atoms with Crippen molar-refractivity contribution in [3.05, 3.63) is 23.2 Å². The van der Waals surface area contributed by atoms with Crippen molar-refractivity contribution in [2.75, 3.05) is 6.26 Å². The van der Waals surface area contributed by atoms with Crippen LogP contribution in [0.25, 0.3) is 0 Å². The summed E-state index contributed by atoms with van der Waals surface area (Å²) in [4.78, 5) is 10.6. The van der Waals surface area contributed by atoms with Gasteiger partial charge in [0.1, 0.15) is 5.75 Å². The van der Waals surface area contributed by atoms with E-state index < -0.39 is 16.1 Å². The summed E-state index contributed by atoms with van der Waals surface area (Å²) >= 11 is 5.74. The Morgan fingerprint density at radius 2 is 2.00 bits per heavy atom. The van der Waals surface area contributed by atoms with Gasteiger partial charge in [0.2, 0.25) is 0 Å². The number of benzene rings is 1. The minimum Gasteiger partial charge on any atom is -0.427 e. The summed E-state index contributed by atoms with van der Waals surface area (Å²) < 4.78 is 31.0. The molecule has 0 radical (unpaired) electrons. The third kappa shape index (κ3) is 4.08. The lowest BCUT2D eigenvalue weighted by Crippen LogP contribution is -2.06. The van der Waals surface area contributed by atoms with Gasteiger partial charge in [-0.05, 0) is 12.1 Å². The van der Waals surface area contributed by atoms with Crippen LogP contribution in [0.3, 0.4) is 0 Å². The monoisotopic (exact) mass is 264 g/mol. The van der Waals surface area contributed by atoms with Gasteiger partial charge in [0.15, 0.2) is 5.75 Å². The van der Waals surface area contributed by atoms with Crippen molar-refractivity contribution in [1.29, 1.82) is 0 Å². The second-order valence-corrected chi connectivity index (χ2v) is 4.96. The molecule has 0 amide bonds. The van der Waals surface area contributed by atoms with Crippen LogP contribution in [0, 0.1) is 0 Å². The molecule has 0 atom stereocenters. The lowest BCUT2D eigenvalue weighted by Gasteiger charge is -2.06. The first-order chi connectivity index (χ1) is 7.28. The van der Waals surface area contributed by atoms with E-state index in [2.05, 4.69) is 4.18 Å². The maximum absolute atomic E-state index is 10.8. The van der Waals surface area contributed by atoms with E-state index in [4.69, 9.17) is 16.3 Å². The minimum atomic E-state index is -3.63. The van der Waals surface area contributed by atoms with E-state index in [0.717, 1.165) is 6.26 Å². The number of ether oxygens (including phenoxy) is 1. The number of carbonyl (C=O) groups excluding carboxylic acids is 1. The number of esters is 1. The molecule has 0 aliphatic heterocycles. The Morgan fingerprint density at radius 1 is 1.38 bits per heavy atom. The van der Waals surface area contributed by atoms with Crippen LogP contribution in [0.2, 0.25) is 5.02 Å². The van der Waals surface area contributed by atoms with Crippen LogP contribution in [0.5, 0.6) is 11.5 Å². The summed E-state index contributed by atoms with van der Waals surface area (Å²) in [6, 6.07) is 3.99. The van der Waals surface area contributed by atoms with Crippen LogP contribution in [0.15, 0.2) is 18.2 Å². The summed E-state index contributed by atoms with van der Waals surface area (Å²) in [5.41, 5.74) is 0. The average Bonchev–Trinajstić information content (AvgIpc) is 2.06. The largest absolute Gasteiger partial charge is 0.427 e. The van der Waals surface area contributed by atoms with E-state index in [1.165, 1.54) is 25.1 Å². The van der Waals surface area contributed by atoms with Crippen molar-refractivity contribution in [2.24, 2.45) is 0 Å². The Bertz CT molecular complexity index is 509. The second kappa shape index (κ2) is 4.71. The standard InChI is InChI=1S/C9H9ClO5S/c1-6(11)14-7-3-4-9(8(10)5-7)15-16(2,12)13/h3-5H,1-2H3. The zero-order valence-electron chi connectivity index (χ0n) is 8.56. The summed E-state index contributed by atoms with van der Waals surface area (Å²) in [7, 11) is -3.63. The molecule has 0 aliphatic rings. The van der Waals surface area contributed by atoms with E-state index in [-0.39, 0.29) is 16.5 Å². The van der Waals surface area contributed by atoms with E-state index in [9.17, 15) is 13.2 Å². The lowest BCUT2D eigenvalue weighted by molar-refractivity contribution is -0.131. The number of rotatable bonds is 3. The molecule has 0 unspecified atom stereocenters. The first-order valence-electron chi connectivity index (χ1n) is 4.15. The predicted molar refractivity (Wildman–Crippen MR) is 58.2 cm³/mol. The fourth-order valence-electron chi connectivity index (χ4n) is 0.942. The Balaban J connectivity index is 2.96. The number of halogens is 1. The first-order valence-corrected chi connectivity index (χ1v) is 6.35. The van der Waals surface area contributed by atoms with Gasteiger partial charge in [0.05, 0.1) is 11.3 Å². The van der Waals surface area contributed by atoms with Crippen LogP contribution in [-0.2, 0) is 14.9 Å². The van der Waals surface area contributed by atoms with Crippen LogP contribution >= 0.6 is 11.6 Å². The van der Waals surface area contributed by atoms with Gasteiger partial charge in [-0.1, -0.05) is 11.6 Å². The third-order valence-corrected chi connectivity index (χ3v) is 2.18. The summed E-state index contributed by atoms with van der Waals surface area (Å²) in [5.74, 6) is -0.286. The Labute approximate surface area is 98.1 Å². The smallest absolute Gasteiger partial charge is 0.308 e. The van der Waals surface area contributed by atoms with Crippen LogP contribution in [-0.4, -0.2) is 20.6 Å². The molecule has 7 heteroatoms. The molecule has 0 saturated heterocycles. The fraction of sp³-hybridized carbons (Fsp3) is 0.222. The van der Waals surface area contributed by atoms with E-state index >= 15 is 0 Å². The molecule has 16 heavy (non-hydrogen) atoms. The van der Waals surface area contributed by atoms with Gasteiger partial charge < -0.3 is 8.92 Å². The highest BCUT2D eigenvalue weighted by atomic mass is 35.5. The van der Waals surface area contributed by atoms with Crippen molar-refractivity contribution in [3.8, 4) is 11.5 Å². The van der Waals surface area contributed by atoms with Crippen molar-refractivity contribution in [3.63, 3.8) is 0 Å². The van der Waals surface area contributed by atoms with Gasteiger partial charge in [-0.3, -0.25) is 4.79 Å². The molecule has 5 nitrogen and oxygen atoms in total. The zero-order chi connectivity index (χ0) is 12.3. The molecular formula is C9H9ClO5S. The molecule has 0 heterocycles. The number of hydrogen-bond acceptors (Lipinski definition) is 5. The van der Waals surface area contributed by atoms with Crippen molar-refractivity contribution in [2.45, 2.75) is 6.92 Å². The summed E-state index contributed by atoms with van der Waals surface area (Å²) in [6.45, 7) is 1.24. The fourth-order valence-corrected chi connectivity index (χ4v) is 1.67. The van der Waals surface area contributed by atoms with E-state index in [1.54, 1.807) is 0 Å². The second-order valence-electron chi connectivity index (χ2n) is 2.97. The number of carbonyl (C=O) groups is 1. The maximum Gasteiger partial charge on any atom is 0.308 e. The molecule has 1 aromatic rings. The Morgan fingerprint density at radius 3 is 2.44 bits per heavy atom. The molecule has 0 N–H and O–H groups in total. The highest BCUT2D eigenvalue weighted by Gasteiger charge is 2.10. The molecular weight excluding hydrogens is 256 g/mol. The molecule has 88 valence electrons. The molecule has 0 spiro atoms. The van der Waals surface area contributed by atoms with Gasteiger partial charge in [0.25, 0.3) is 0 Å². The Kier molecular flexibility index (Phi) is 3.77. The molecule has 1 rings (SSSR count). The maximum atomic E-state index is 10.8. The van der Waals surface area contributed by atoms with Gasteiger partial charge in [0, 0.05) is 13.0 Å². The van der Waals surface area contributed by atoms with Crippen LogP contribution in [0.4, 0.5) is 0 Å². The highest BCUT2D eigenvalue weighted by Crippen LogP contribution is 2.29. The van der Waals surface area contributed by atoms with Crippen LogP contribution < -0.4 is 8.92 Å². The zero-order valence-corrected chi connectivity index (χ0v) is 10.1. The molecule has 0 fully saturated rings. The molecule has 0 aliphatic carbocycles. The van der Waals surface area contributed by atoms with Crippen molar-refractivity contribution >= 4 is 27.7 Å². The molecule has 0 aromatic heterocycles. The van der Waals surface area contributed by atoms with Gasteiger partial charge in [-0.2, -0.15) is 8.42 Å². The van der Waals surface area contributed by atoms with Crippen molar-refractivity contribution < 1.29 is 22.1 Å². The first kappa shape index (κ1) is 12.8. The predicted octanol–water partition coefficient (Wildman–Crippen LogP) is 1.60. The lowest BCUT2D eigenvalue weighted by atomic mass is 10.3. The highest BCUT2D eigenvalue weighted by molar-refractivity contribution is 7.86. The normalized spacial score (nSPS) is 10.9. The Hall–Kier alpha value is -1.27. The summed E-state index contributed by atoms with van der Waals surface area (Å²) in [6.07, 6.45) is 0.906. The van der Waals surface area contributed by atoms with E-state index in [0.29, 0.717) is 0 Å². The van der Waals surface area contributed by atoms with Crippen LogP contribution in [0.1, 0.15) is 6.92 Å². The molecule has 0 bridgehead atoms. The van der Waals surface area contributed by atoms with Gasteiger partial charge in [-0.15, -0.1) is 0 Å². The third-order valence-electron chi connectivity index (χ3n) is 1.41. The van der Waals surface area contributed by atoms with E-state index in [1.807, 2.05) is 0 Å². The molecule has 0 saturated carbocycles.